The fourth-order valence-electron chi connectivity index (χ4n) is 1.63. The zero-order valence-corrected chi connectivity index (χ0v) is 10.6. The van der Waals surface area contributed by atoms with Crippen molar-refractivity contribution >= 4 is 5.91 Å². The first-order chi connectivity index (χ1) is 8.19. The molecule has 1 aromatic carbocycles. The van der Waals surface area contributed by atoms with E-state index in [0.29, 0.717) is 13.0 Å². The summed E-state index contributed by atoms with van der Waals surface area (Å²) in [4.78, 5) is 13.7. The Morgan fingerprint density at radius 2 is 2.00 bits per heavy atom. The van der Waals surface area contributed by atoms with E-state index < -0.39 is 0 Å². The maximum atomic E-state index is 11.9. The predicted molar refractivity (Wildman–Crippen MR) is 69.6 cm³/mol. The molecule has 4 nitrogen and oxygen atoms in total. The quantitative estimate of drug-likeness (QED) is 0.749. The molecule has 0 aromatic heterocycles. The van der Waals surface area contributed by atoms with E-state index >= 15 is 0 Å². The zero-order chi connectivity index (χ0) is 12.7. The summed E-state index contributed by atoms with van der Waals surface area (Å²) in [6.07, 6.45) is 0.424. The molecule has 0 radical (unpaired) electrons. The molecule has 0 aliphatic rings. The lowest BCUT2D eigenvalue weighted by atomic mass is 10.0. The molecule has 1 rings (SSSR count). The van der Waals surface area contributed by atoms with Crippen LogP contribution >= 0.6 is 0 Å². The first-order valence-corrected chi connectivity index (χ1v) is 5.84. The summed E-state index contributed by atoms with van der Waals surface area (Å²) in [5, 5.41) is 3.03. The van der Waals surface area contributed by atoms with Gasteiger partial charge in [0, 0.05) is 26.7 Å². The maximum absolute atomic E-state index is 11.9. The van der Waals surface area contributed by atoms with Gasteiger partial charge in [-0.3, -0.25) is 4.79 Å². The van der Waals surface area contributed by atoms with Gasteiger partial charge in [-0.2, -0.15) is 0 Å². The van der Waals surface area contributed by atoms with Crippen LogP contribution in [0.15, 0.2) is 24.3 Å². The van der Waals surface area contributed by atoms with Crippen molar-refractivity contribution < 1.29 is 4.79 Å². The van der Waals surface area contributed by atoms with E-state index in [2.05, 4.69) is 5.32 Å². The smallest absolute Gasteiger partial charge is 0.226 e. The highest BCUT2D eigenvalue weighted by atomic mass is 16.2. The van der Waals surface area contributed by atoms with Gasteiger partial charge in [0.2, 0.25) is 5.91 Å². The lowest BCUT2D eigenvalue weighted by Crippen LogP contribution is -2.34. The van der Waals surface area contributed by atoms with E-state index in [1.54, 1.807) is 4.90 Å². The van der Waals surface area contributed by atoms with Gasteiger partial charge in [-0.15, -0.1) is 0 Å². The van der Waals surface area contributed by atoms with Gasteiger partial charge in [0.05, 0.1) is 6.42 Å². The second-order valence-corrected chi connectivity index (χ2v) is 4.07. The van der Waals surface area contributed by atoms with Gasteiger partial charge in [0.15, 0.2) is 0 Å². The molecular weight excluding hydrogens is 214 g/mol. The molecule has 0 unspecified atom stereocenters. The number of carbonyl (C=O) groups excluding carboxylic acids is 1. The molecule has 1 amide bonds. The predicted octanol–water partition coefficient (Wildman–Crippen LogP) is 0.366. The number of hydrogen-bond acceptors (Lipinski definition) is 3. The van der Waals surface area contributed by atoms with E-state index in [9.17, 15) is 4.79 Å². The van der Waals surface area contributed by atoms with Gasteiger partial charge in [-0.25, -0.2) is 0 Å². The summed E-state index contributed by atoms with van der Waals surface area (Å²) in [7, 11) is 3.70. The fraction of sp³-hybridized carbons (Fsp3) is 0.462. The monoisotopic (exact) mass is 235 g/mol. The number of amides is 1. The average molecular weight is 235 g/mol. The average Bonchev–Trinajstić information content (AvgIpc) is 2.36. The van der Waals surface area contributed by atoms with Crippen molar-refractivity contribution in [3.05, 3.63) is 35.4 Å². The number of benzene rings is 1. The fourth-order valence-corrected chi connectivity index (χ4v) is 1.63. The Morgan fingerprint density at radius 1 is 1.35 bits per heavy atom. The first kappa shape index (κ1) is 13.7. The molecule has 94 valence electrons. The molecule has 3 N–H and O–H groups in total. The van der Waals surface area contributed by atoms with Crippen LogP contribution in [-0.2, 0) is 17.8 Å². The lowest BCUT2D eigenvalue weighted by molar-refractivity contribution is -0.129. The van der Waals surface area contributed by atoms with Gasteiger partial charge in [0.25, 0.3) is 0 Å². The third-order valence-corrected chi connectivity index (χ3v) is 2.80. The molecule has 0 spiro atoms. The number of likely N-dealkylation sites (N-methyl/N-ethyl adjacent to an activating group) is 2. The number of nitrogens with two attached hydrogens (primary N) is 1. The van der Waals surface area contributed by atoms with Crippen molar-refractivity contribution in [2.24, 2.45) is 5.73 Å². The molecule has 17 heavy (non-hydrogen) atoms. The summed E-state index contributed by atoms with van der Waals surface area (Å²) >= 11 is 0. The van der Waals surface area contributed by atoms with Crippen molar-refractivity contribution in [3.8, 4) is 0 Å². The minimum atomic E-state index is 0.126. The molecule has 0 atom stereocenters. The SMILES string of the molecule is CNCCN(C)C(=O)Cc1ccccc1CN. The van der Waals surface area contributed by atoms with Crippen molar-refractivity contribution in [3.63, 3.8) is 0 Å². The van der Waals surface area contributed by atoms with Crippen LogP contribution in [0.4, 0.5) is 0 Å². The van der Waals surface area contributed by atoms with Crippen molar-refractivity contribution in [2.45, 2.75) is 13.0 Å². The molecule has 0 saturated heterocycles. The second-order valence-electron chi connectivity index (χ2n) is 4.07. The van der Waals surface area contributed by atoms with Crippen LogP contribution in [0, 0.1) is 0 Å². The highest BCUT2D eigenvalue weighted by Gasteiger charge is 2.10. The van der Waals surface area contributed by atoms with E-state index in [-0.39, 0.29) is 5.91 Å². The van der Waals surface area contributed by atoms with Crippen molar-refractivity contribution in [1.82, 2.24) is 10.2 Å². The van der Waals surface area contributed by atoms with Crippen LogP contribution in [0.25, 0.3) is 0 Å². The molecular formula is C13H21N3O. The zero-order valence-electron chi connectivity index (χ0n) is 10.6. The van der Waals surface area contributed by atoms with Gasteiger partial charge >= 0.3 is 0 Å². The minimum Gasteiger partial charge on any atom is -0.344 e. The van der Waals surface area contributed by atoms with Gasteiger partial charge < -0.3 is 16.0 Å². The summed E-state index contributed by atoms with van der Waals surface area (Å²) in [5.74, 6) is 0.126. The van der Waals surface area contributed by atoms with Crippen LogP contribution in [0.3, 0.4) is 0 Å². The summed E-state index contributed by atoms with van der Waals surface area (Å²) < 4.78 is 0. The Labute approximate surface area is 103 Å². The Kier molecular flexibility index (Phi) is 5.66. The van der Waals surface area contributed by atoms with Crippen LogP contribution in [-0.4, -0.2) is 38.0 Å². The molecule has 0 aliphatic heterocycles. The van der Waals surface area contributed by atoms with E-state index in [1.165, 1.54) is 0 Å². The van der Waals surface area contributed by atoms with E-state index in [4.69, 9.17) is 5.73 Å². The summed E-state index contributed by atoms with van der Waals surface area (Å²) in [6, 6.07) is 7.82. The third-order valence-electron chi connectivity index (χ3n) is 2.80. The number of hydrogen-bond donors (Lipinski definition) is 2. The van der Waals surface area contributed by atoms with Crippen LogP contribution in [0.2, 0.25) is 0 Å². The second kappa shape index (κ2) is 7.04. The lowest BCUT2D eigenvalue weighted by Gasteiger charge is -2.17. The topological polar surface area (TPSA) is 58.4 Å². The molecule has 1 aromatic rings. The molecule has 0 aliphatic carbocycles. The van der Waals surface area contributed by atoms with Gasteiger partial charge in [0.1, 0.15) is 0 Å². The summed E-state index contributed by atoms with van der Waals surface area (Å²) in [6.45, 7) is 2.00. The minimum absolute atomic E-state index is 0.126. The highest BCUT2D eigenvalue weighted by Crippen LogP contribution is 2.09. The third kappa shape index (κ3) is 4.17. The standard InChI is InChI=1S/C13H21N3O/c1-15-7-8-16(2)13(17)9-11-5-3-4-6-12(11)10-14/h3-6,15H,7-10,14H2,1-2H3. The van der Waals surface area contributed by atoms with E-state index in [1.807, 2.05) is 38.4 Å². The normalized spacial score (nSPS) is 10.3. The summed E-state index contributed by atoms with van der Waals surface area (Å²) in [5.41, 5.74) is 7.72. The number of rotatable bonds is 6. The van der Waals surface area contributed by atoms with Crippen molar-refractivity contribution in [2.75, 3.05) is 27.2 Å². The highest BCUT2D eigenvalue weighted by molar-refractivity contribution is 5.78. The molecule has 4 heteroatoms. The maximum Gasteiger partial charge on any atom is 0.226 e. The van der Waals surface area contributed by atoms with Gasteiger partial charge in [-0.05, 0) is 18.2 Å². The van der Waals surface area contributed by atoms with Crippen molar-refractivity contribution in [1.29, 1.82) is 0 Å². The van der Waals surface area contributed by atoms with Gasteiger partial charge in [-0.1, -0.05) is 24.3 Å². The number of nitrogens with zero attached hydrogens (tertiary/aromatic N) is 1. The molecule has 0 heterocycles. The Balaban J connectivity index is 2.61. The van der Waals surface area contributed by atoms with Crippen LogP contribution in [0.1, 0.15) is 11.1 Å². The first-order valence-electron chi connectivity index (χ1n) is 5.84. The van der Waals surface area contributed by atoms with Crippen LogP contribution < -0.4 is 11.1 Å². The molecule has 0 bridgehead atoms. The Hall–Kier alpha value is -1.39. The number of carbonyl (C=O) groups is 1. The Morgan fingerprint density at radius 3 is 2.59 bits per heavy atom. The number of nitrogens with one attached hydrogen (secondary N) is 1. The van der Waals surface area contributed by atoms with Crippen LogP contribution in [0.5, 0.6) is 0 Å². The molecule has 0 fully saturated rings. The molecule has 0 saturated carbocycles. The Bertz CT molecular complexity index is 365. The largest absolute Gasteiger partial charge is 0.344 e. The van der Waals surface area contributed by atoms with E-state index in [0.717, 1.165) is 24.2 Å².